The van der Waals surface area contributed by atoms with Crippen LogP contribution in [0.3, 0.4) is 0 Å². The Kier molecular flexibility index (Phi) is 64.4. The van der Waals surface area contributed by atoms with Gasteiger partial charge in [-0.2, -0.15) is 0 Å². The lowest BCUT2D eigenvalue weighted by Gasteiger charge is -2.21. The van der Waals surface area contributed by atoms with Crippen molar-refractivity contribution in [2.24, 2.45) is 17.8 Å². The molecule has 19 heteroatoms. The van der Waals surface area contributed by atoms with Gasteiger partial charge in [-0.3, -0.25) is 37.3 Å². The van der Waals surface area contributed by atoms with Gasteiger partial charge in [0.1, 0.15) is 19.3 Å². The molecule has 0 fully saturated rings. The minimum atomic E-state index is -4.97. The van der Waals surface area contributed by atoms with E-state index in [0.29, 0.717) is 31.6 Å². The van der Waals surface area contributed by atoms with E-state index in [4.69, 9.17) is 37.0 Å². The highest BCUT2D eigenvalue weighted by Gasteiger charge is 2.30. The molecule has 560 valence electrons. The number of unbranched alkanes of at least 4 members (excludes halogenated alkanes) is 36. The second-order valence-corrected chi connectivity index (χ2v) is 30.8. The van der Waals surface area contributed by atoms with E-state index in [1.54, 1.807) is 0 Å². The maximum atomic E-state index is 13.1. The first-order valence-electron chi connectivity index (χ1n) is 38.7. The fraction of sp³-hybridized carbons (Fsp3) is 0.895. The SMILES string of the molecule is CCCCCC/C=C\C=C/CCCCCCCC(=O)OC[C@H](COP(=O)(O)OCC(O)COP(=O)(O)OC[C@@H](COC(=O)CCCCCCCCCC(C)C)OC(=O)CCCCCCCCCCCCC(C)CC)OC(=O)CCCCCCCCCCCCCCCC(C)C. The lowest BCUT2D eigenvalue weighted by Crippen LogP contribution is -2.30. The molecule has 0 amide bonds. The maximum Gasteiger partial charge on any atom is 0.472 e. The van der Waals surface area contributed by atoms with Crippen LogP contribution in [0.2, 0.25) is 0 Å². The molecule has 4 unspecified atom stereocenters. The molecular formula is C76H144O17P2. The Balaban J connectivity index is 5.30. The average molecular weight is 1390 g/mol. The molecule has 0 aliphatic carbocycles. The van der Waals surface area contributed by atoms with Crippen LogP contribution in [0, 0.1) is 17.8 Å². The third-order valence-corrected chi connectivity index (χ3v) is 19.3. The van der Waals surface area contributed by atoms with Gasteiger partial charge in [-0.05, 0) is 69.1 Å². The lowest BCUT2D eigenvalue weighted by molar-refractivity contribution is -0.161. The number of esters is 4. The van der Waals surface area contributed by atoms with Gasteiger partial charge >= 0.3 is 39.5 Å². The number of carbonyl (C=O) groups excluding carboxylic acids is 4. The zero-order valence-corrected chi connectivity index (χ0v) is 63.4. The summed E-state index contributed by atoms with van der Waals surface area (Å²) in [7, 11) is -9.92. The summed E-state index contributed by atoms with van der Waals surface area (Å²) >= 11 is 0. The minimum Gasteiger partial charge on any atom is -0.462 e. The molecule has 0 saturated carbocycles. The number of aliphatic hydroxyl groups is 1. The Morgan fingerprint density at radius 3 is 0.937 bits per heavy atom. The van der Waals surface area contributed by atoms with E-state index in [0.717, 1.165) is 127 Å². The van der Waals surface area contributed by atoms with Gasteiger partial charge in [0.15, 0.2) is 12.2 Å². The van der Waals surface area contributed by atoms with Crippen LogP contribution in [0.15, 0.2) is 24.3 Å². The number of phosphoric acid groups is 2. The highest BCUT2D eigenvalue weighted by molar-refractivity contribution is 7.47. The first kappa shape index (κ1) is 92.5. The van der Waals surface area contributed by atoms with Crippen molar-refractivity contribution in [2.45, 2.75) is 381 Å². The van der Waals surface area contributed by atoms with Crippen molar-refractivity contribution in [3.05, 3.63) is 24.3 Å². The number of rotatable bonds is 72. The van der Waals surface area contributed by atoms with Gasteiger partial charge < -0.3 is 33.8 Å². The maximum absolute atomic E-state index is 13.1. The molecule has 0 heterocycles. The molecule has 0 radical (unpaired) electrons. The van der Waals surface area contributed by atoms with Crippen molar-refractivity contribution >= 4 is 39.5 Å². The zero-order chi connectivity index (χ0) is 70.1. The zero-order valence-electron chi connectivity index (χ0n) is 61.6. The van der Waals surface area contributed by atoms with Crippen molar-refractivity contribution in [3.63, 3.8) is 0 Å². The molecule has 0 aromatic carbocycles. The van der Waals surface area contributed by atoms with Crippen molar-refractivity contribution in [3.8, 4) is 0 Å². The number of hydrogen-bond donors (Lipinski definition) is 3. The highest BCUT2D eigenvalue weighted by atomic mass is 31.2. The third kappa shape index (κ3) is 68.5. The van der Waals surface area contributed by atoms with E-state index in [1.807, 2.05) is 0 Å². The van der Waals surface area contributed by atoms with Gasteiger partial charge in [-0.15, -0.1) is 0 Å². The summed E-state index contributed by atoms with van der Waals surface area (Å²) in [5, 5.41) is 10.6. The Bertz CT molecular complexity index is 1950. The molecule has 0 aromatic rings. The Hall–Kier alpha value is -2.46. The molecule has 0 saturated heterocycles. The molecule has 0 rings (SSSR count). The van der Waals surface area contributed by atoms with Crippen LogP contribution in [0.4, 0.5) is 0 Å². The Morgan fingerprint density at radius 1 is 0.347 bits per heavy atom. The van der Waals surface area contributed by atoms with Gasteiger partial charge in [0.05, 0.1) is 26.4 Å². The smallest absolute Gasteiger partial charge is 0.462 e. The van der Waals surface area contributed by atoms with Crippen LogP contribution in [-0.4, -0.2) is 96.7 Å². The van der Waals surface area contributed by atoms with Gasteiger partial charge in [0.2, 0.25) is 0 Å². The molecular weight excluding hydrogens is 1250 g/mol. The Morgan fingerprint density at radius 2 is 0.621 bits per heavy atom. The lowest BCUT2D eigenvalue weighted by atomic mass is 9.99. The van der Waals surface area contributed by atoms with Gasteiger partial charge in [0, 0.05) is 25.7 Å². The van der Waals surface area contributed by atoms with E-state index in [2.05, 4.69) is 72.8 Å². The second-order valence-electron chi connectivity index (χ2n) is 27.9. The van der Waals surface area contributed by atoms with E-state index < -0.39 is 97.5 Å². The summed E-state index contributed by atoms with van der Waals surface area (Å²) < 4.78 is 68.5. The molecule has 0 aliphatic rings. The molecule has 0 aliphatic heterocycles. The number of ether oxygens (including phenoxy) is 4. The first-order valence-corrected chi connectivity index (χ1v) is 41.7. The number of phosphoric ester groups is 2. The summed E-state index contributed by atoms with van der Waals surface area (Å²) in [5.74, 6) is 0.140. The summed E-state index contributed by atoms with van der Waals surface area (Å²) in [6.45, 7) is 11.8. The number of aliphatic hydroxyl groups excluding tert-OH is 1. The van der Waals surface area contributed by atoms with Gasteiger partial charge in [-0.1, -0.05) is 310 Å². The summed E-state index contributed by atoms with van der Waals surface area (Å²) in [6, 6.07) is 0. The quantitative estimate of drug-likeness (QED) is 0.0169. The summed E-state index contributed by atoms with van der Waals surface area (Å²) in [4.78, 5) is 72.8. The van der Waals surface area contributed by atoms with Crippen LogP contribution < -0.4 is 0 Å². The normalized spacial score (nSPS) is 14.5. The van der Waals surface area contributed by atoms with Gasteiger partial charge in [0.25, 0.3) is 0 Å². The molecule has 95 heavy (non-hydrogen) atoms. The van der Waals surface area contributed by atoms with E-state index in [-0.39, 0.29) is 25.7 Å². The predicted molar refractivity (Wildman–Crippen MR) is 386 cm³/mol. The average Bonchev–Trinajstić information content (AvgIpc) is 1.85. The van der Waals surface area contributed by atoms with Crippen molar-refractivity contribution in [2.75, 3.05) is 39.6 Å². The minimum absolute atomic E-state index is 0.0999. The van der Waals surface area contributed by atoms with E-state index in [1.165, 1.54) is 148 Å². The van der Waals surface area contributed by atoms with Crippen molar-refractivity contribution < 1.29 is 80.2 Å². The topological polar surface area (TPSA) is 237 Å². The van der Waals surface area contributed by atoms with Crippen LogP contribution in [-0.2, 0) is 65.4 Å². The van der Waals surface area contributed by atoms with E-state index >= 15 is 0 Å². The van der Waals surface area contributed by atoms with Crippen molar-refractivity contribution in [1.82, 2.24) is 0 Å². The molecule has 17 nitrogen and oxygen atoms in total. The monoisotopic (exact) mass is 1390 g/mol. The van der Waals surface area contributed by atoms with Crippen LogP contribution >= 0.6 is 15.6 Å². The summed E-state index contributed by atoms with van der Waals surface area (Å²) in [5.41, 5.74) is 0. The molecule has 0 bridgehead atoms. The fourth-order valence-corrected chi connectivity index (χ4v) is 12.6. The largest absolute Gasteiger partial charge is 0.472 e. The Labute approximate surface area is 580 Å². The second kappa shape index (κ2) is 66.1. The highest BCUT2D eigenvalue weighted by Crippen LogP contribution is 2.45. The number of carbonyl (C=O) groups is 4. The first-order chi connectivity index (χ1) is 45.8. The number of allylic oxidation sites excluding steroid dienone is 4. The predicted octanol–water partition coefficient (Wildman–Crippen LogP) is 21.7. The van der Waals surface area contributed by atoms with Crippen molar-refractivity contribution in [1.29, 1.82) is 0 Å². The van der Waals surface area contributed by atoms with E-state index in [9.17, 15) is 43.2 Å². The molecule has 6 atom stereocenters. The molecule has 0 spiro atoms. The van der Waals surface area contributed by atoms with Crippen LogP contribution in [0.25, 0.3) is 0 Å². The van der Waals surface area contributed by atoms with Crippen LogP contribution in [0.5, 0.6) is 0 Å². The summed E-state index contributed by atoms with van der Waals surface area (Å²) in [6.07, 6.45) is 54.9. The fourth-order valence-electron chi connectivity index (χ4n) is 11.0. The third-order valence-electron chi connectivity index (χ3n) is 17.4. The number of hydrogen-bond acceptors (Lipinski definition) is 15. The standard InChI is InChI=1S/C76H144O17P2/c1-8-10-11-12-13-14-15-16-17-20-23-29-36-43-50-57-73(78)86-63-71(92-75(80)59-52-45-37-30-24-21-18-19-22-27-33-40-47-54-67(3)4)65-90-94(82,83)88-61-70(77)62-89-95(84,85)91-66-72(64-87-74(79)58-51-44-39-32-34-41-48-55-68(5)6)93-76(81)60-53-46-38-31-26-25-28-35-42-49-56-69(7)9-2/h14-17,67-72,77H,8-13,18-66H2,1-7H3,(H,82,83)(H,84,85)/b15-14-,17-16-/t69?,70?,71-,72-/m1/s1. The molecule has 0 aromatic heterocycles. The van der Waals surface area contributed by atoms with Crippen LogP contribution in [0.1, 0.15) is 363 Å². The molecule has 3 N–H and O–H groups in total. The van der Waals surface area contributed by atoms with Gasteiger partial charge in [-0.25, -0.2) is 9.13 Å².